The molecular weight excluding hydrogens is 336 g/mol. The van der Waals surface area contributed by atoms with Crippen molar-refractivity contribution < 1.29 is 4.79 Å². The summed E-state index contributed by atoms with van der Waals surface area (Å²) < 4.78 is 0. The predicted octanol–water partition coefficient (Wildman–Crippen LogP) is 4.09. The Bertz CT molecular complexity index is 1030. The molecule has 0 saturated carbocycles. The van der Waals surface area contributed by atoms with Crippen molar-refractivity contribution in [3.05, 3.63) is 53.6 Å². The van der Waals surface area contributed by atoms with Crippen LogP contribution in [0.5, 0.6) is 0 Å². The van der Waals surface area contributed by atoms with Crippen LogP contribution < -0.4 is 15.5 Å². The molecule has 3 heterocycles. The van der Waals surface area contributed by atoms with Crippen LogP contribution in [0.3, 0.4) is 0 Å². The summed E-state index contributed by atoms with van der Waals surface area (Å²) in [5.74, 6) is 1.49. The molecule has 3 aromatic rings. The molecule has 2 aliphatic rings. The van der Waals surface area contributed by atoms with Crippen molar-refractivity contribution in [2.45, 2.75) is 31.7 Å². The SMILES string of the molecule is CC1c2ccccc2N(C)c2[nH]c3ccc(NC(=O)[C@@H]4CCCN4)cc3c21. The molecule has 1 fully saturated rings. The highest BCUT2D eigenvalue weighted by Gasteiger charge is 2.29. The third-order valence-corrected chi connectivity index (χ3v) is 6.00. The first-order valence-electron chi connectivity index (χ1n) is 9.66. The molecule has 5 rings (SSSR count). The number of benzene rings is 2. The molecule has 0 aliphatic carbocycles. The standard InChI is InChI=1S/C22H24N4O/c1-13-15-6-3-4-8-19(15)26(2)21-20(13)16-12-14(9-10-17(16)25-21)24-22(27)18-7-5-11-23-18/h3-4,6,8-10,12-13,18,23,25H,5,7,11H2,1-2H3,(H,24,27)/t13?,18-/m0/s1. The normalized spacial score (nSPS) is 21.2. The summed E-state index contributed by atoms with van der Waals surface area (Å²) in [4.78, 5) is 18.3. The van der Waals surface area contributed by atoms with Gasteiger partial charge in [0.2, 0.25) is 5.91 Å². The first-order chi connectivity index (χ1) is 13.1. The second-order valence-corrected chi connectivity index (χ2v) is 7.63. The maximum atomic E-state index is 12.5. The number of para-hydroxylation sites is 1. The summed E-state index contributed by atoms with van der Waals surface area (Å²) in [5, 5.41) is 7.52. The molecule has 27 heavy (non-hydrogen) atoms. The minimum absolute atomic E-state index is 0.0618. The zero-order chi connectivity index (χ0) is 18.5. The van der Waals surface area contributed by atoms with Crippen LogP contribution in [0, 0.1) is 0 Å². The number of rotatable bonds is 2. The Kier molecular flexibility index (Phi) is 3.72. The molecule has 2 atom stereocenters. The minimum Gasteiger partial charge on any atom is -0.341 e. The van der Waals surface area contributed by atoms with E-state index < -0.39 is 0 Å². The molecule has 1 unspecified atom stereocenters. The molecule has 1 saturated heterocycles. The number of hydrogen-bond acceptors (Lipinski definition) is 3. The van der Waals surface area contributed by atoms with E-state index in [4.69, 9.17) is 0 Å². The highest BCUT2D eigenvalue weighted by molar-refractivity contribution is 6.00. The van der Waals surface area contributed by atoms with Crippen molar-refractivity contribution in [1.82, 2.24) is 10.3 Å². The molecule has 1 amide bonds. The fraction of sp³-hybridized carbons (Fsp3) is 0.318. The number of fused-ring (bicyclic) bond motifs is 4. The third kappa shape index (κ3) is 2.53. The van der Waals surface area contributed by atoms with Crippen molar-refractivity contribution >= 4 is 34.0 Å². The molecule has 3 N–H and O–H groups in total. The zero-order valence-electron chi connectivity index (χ0n) is 15.7. The van der Waals surface area contributed by atoms with Crippen molar-refractivity contribution in [2.24, 2.45) is 0 Å². The molecule has 0 spiro atoms. The van der Waals surface area contributed by atoms with Gasteiger partial charge in [-0.05, 0) is 49.2 Å². The summed E-state index contributed by atoms with van der Waals surface area (Å²) in [6, 6.07) is 14.6. The van der Waals surface area contributed by atoms with Gasteiger partial charge in [0.25, 0.3) is 0 Å². The summed E-state index contributed by atoms with van der Waals surface area (Å²) in [7, 11) is 2.10. The first-order valence-corrected chi connectivity index (χ1v) is 9.66. The van der Waals surface area contributed by atoms with Gasteiger partial charge < -0.3 is 20.5 Å². The topological polar surface area (TPSA) is 60.2 Å². The summed E-state index contributed by atoms with van der Waals surface area (Å²) in [5.41, 5.74) is 5.82. The monoisotopic (exact) mass is 360 g/mol. The van der Waals surface area contributed by atoms with Gasteiger partial charge in [0, 0.05) is 40.8 Å². The Morgan fingerprint density at radius 3 is 2.89 bits per heavy atom. The summed E-state index contributed by atoms with van der Waals surface area (Å²) in [6.45, 7) is 3.18. The molecule has 2 aromatic carbocycles. The average molecular weight is 360 g/mol. The van der Waals surface area contributed by atoms with Crippen molar-refractivity contribution in [3.63, 3.8) is 0 Å². The van der Waals surface area contributed by atoms with Crippen molar-refractivity contribution in [1.29, 1.82) is 0 Å². The van der Waals surface area contributed by atoms with Gasteiger partial charge in [-0.1, -0.05) is 25.1 Å². The van der Waals surface area contributed by atoms with Gasteiger partial charge in [-0.3, -0.25) is 4.79 Å². The third-order valence-electron chi connectivity index (χ3n) is 6.00. The summed E-state index contributed by atoms with van der Waals surface area (Å²) in [6.07, 6.45) is 1.97. The number of H-pyrrole nitrogens is 1. The van der Waals surface area contributed by atoms with Gasteiger partial charge in [0.1, 0.15) is 5.82 Å². The zero-order valence-corrected chi connectivity index (χ0v) is 15.7. The van der Waals surface area contributed by atoms with Crippen LogP contribution in [0.25, 0.3) is 10.9 Å². The average Bonchev–Trinajstić information content (AvgIpc) is 3.34. The Labute approximate surface area is 158 Å². The molecule has 0 radical (unpaired) electrons. The lowest BCUT2D eigenvalue weighted by Gasteiger charge is -2.31. The lowest BCUT2D eigenvalue weighted by Crippen LogP contribution is -2.35. The predicted molar refractivity (Wildman–Crippen MR) is 110 cm³/mol. The smallest absolute Gasteiger partial charge is 0.241 e. The lowest BCUT2D eigenvalue weighted by molar-refractivity contribution is -0.117. The molecule has 5 nitrogen and oxygen atoms in total. The number of aromatic amines is 1. The van der Waals surface area contributed by atoms with Gasteiger partial charge in [-0.15, -0.1) is 0 Å². The van der Waals surface area contributed by atoms with Gasteiger partial charge in [-0.25, -0.2) is 0 Å². The maximum absolute atomic E-state index is 12.5. The number of aromatic nitrogens is 1. The van der Waals surface area contributed by atoms with E-state index in [-0.39, 0.29) is 11.9 Å². The van der Waals surface area contributed by atoms with Crippen LogP contribution in [0.15, 0.2) is 42.5 Å². The maximum Gasteiger partial charge on any atom is 0.241 e. The van der Waals surface area contributed by atoms with Gasteiger partial charge in [0.15, 0.2) is 0 Å². The quantitative estimate of drug-likeness (QED) is 0.645. The van der Waals surface area contributed by atoms with E-state index in [1.807, 2.05) is 6.07 Å². The molecule has 1 aromatic heterocycles. The largest absolute Gasteiger partial charge is 0.341 e. The Morgan fingerprint density at radius 2 is 2.07 bits per heavy atom. The molecule has 2 aliphatic heterocycles. The molecule has 0 bridgehead atoms. The number of amides is 1. The van der Waals surface area contributed by atoms with Gasteiger partial charge >= 0.3 is 0 Å². The Morgan fingerprint density at radius 1 is 1.22 bits per heavy atom. The Balaban J connectivity index is 1.55. The summed E-state index contributed by atoms with van der Waals surface area (Å²) >= 11 is 0. The molecule has 5 heteroatoms. The fourth-order valence-electron chi connectivity index (χ4n) is 4.55. The number of carbonyl (C=O) groups is 1. The minimum atomic E-state index is -0.0715. The van der Waals surface area contributed by atoms with E-state index in [9.17, 15) is 4.79 Å². The van der Waals surface area contributed by atoms with E-state index >= 15 is 0 Å². The van der Waals surface area contributed by atoms with Crippen LogP contribution in [0.4, 0.5) is 17.2 Å². The second kappa shape index (κ2) is 6.13. The van der Waals surface area contributed by atoms with E-state index in [1.165, 1.54) is 22.2 Å². The van der Waals surface area contributed by atoms with E-state index in [0.717, 1.165) is 36.4 Å². The van der Waals surface area contributed by atoms with Crippen LogP contribution in [-0.2, 0) is 4.79 Å². The molecule has 138 valence electrons. The number of nitrogens with zero attached hydrogens (tertiary/aromatic N) is 1. The van der Waals surface area contributed by atoms with Crippen molar-refractivity contribution in [2.75, 3.05) is 23.8 Å². The highest BCUT2D eigenvalue weighted by atomic mass is 16.2. The van der Waals surface area contributed by atoms with Gasteiger partial charge in [-0.2, -0.15) is 0 Å². The van der Waals surface area contributed by atoms with Crippen LogP contribution >= 0.6 is 0 Å². The lowest BCUT2D eigenvalue weighted by atomic mass is 9.87. The second-order valence-electron chi connectivity index (χ2n) is 7.63. The first kappa shape index (κ1) is 16.4. The number of hydrogen-bond donors (Lipinski definition) is 3. The highest BCUT2D eigenvalue weighted by Crippen LogP contribution is 2.47. The van der Waals surface area contributed by atoms with E-state index in [0.29, 0.717) is 5.92 Å². The van der Waals surface area contributed by atoms with Crippen LogP contribution in [-0.4, -0.2) is 30.5 Å². The number of nitrogens with one attached hydrogen (secondary N) is 3. The fourth-order valence-corrected chi connectivity index (χ4v) is 4.55. The van der Waals surface area contributed by atoms with Gasteiger partial charge in [0.05, 0.1) is 6.04 Å². The van der Waals surface area contributed by atoms with Crippen LogP contribution in [0.2, 0.25) is 0 Å². The molecular formula is C22H24N4O. The number of anilines is 3. The van der Waals surface area contributed by atoms with Crippen LogP contribution in [0.1, 0.15) is 36.8 Å². The number of carbonyl (C=O) groups excluding carboxylic acids is 1. The Hall–Kier alpha value is -2.79. The van der Waals surface area contributed by atoms with E-state index in [1.54, 1.807) is 0 Å². The van der Waals surface area contributed by atoms with E-state index in [2.05, 4.69) is 70.9 Å². The van der Waals surface area contributed by atoms with Crippen molar-refractivity contribution in [3.8, 4) is 0 Å².